The highest BCUT2D eigenvalue weighted by atomic mass is 16.4. The van der Waals surface area contributed by atoms with Crippen LogP contribution >= 0.6 is 0 Å². The van der Waals surface area contributed by atoms with E-state index in [0.29, 0.717) is 12.8 Å². The molecule has 1 aliphatic rings. The molecule has 0 heterocycles. The summed E-state index contributed by atoms with van der Waals surface area (Å²) in [7, 11) is 0. The lowest BCUT2D eigenvalue weighted by Gasteiger charge is -2.30. The maximum Gasteiger partial charge on any atom is 0.234 e. The fourth-order valence-corrected chi connectivity index (χ4v) is 1.64. The van der Waals surface area contributed by atoms with Gasteiger partial charge in [-0.3, -0.25) is 4.79 Å². The molecule has 0 aromatic rings. The molecule has 0 aromatic heterocycles. The van der Waals surface area contributed by atoms with Crippen molar-refractivity contribution in [2.75, 3.05) is 0 Å². The molecular weight excluding hydrogens is 206 g/mol. The van der Waals surface area contributed by atoms with Crippen LogP contribution in [-0.4, -0.2) is 22.5 Å². The number of carbonyl (C=O) groups is 1. The maximum atomic E-state index is 12.1. The molecule has 16 heavy (non-hydrogen) atoms. The molecule has 5 nitrogen and oxygen atoms in total. The summed E-state index contributed by atoms with van der Waals surface area (Å²) < 4.78 is 0. The minimum atomic E-state index is -0.750. The Morgan fingerprint density at radius 2 is 2.00 bits per heavy atom. The Balaban J connectivity index is 2.73. The molecule has 1 rings (SSSR count). The zero-order valence-corrected chi connectivity index (χ0v) is 10.2. The Morgan fingerprint density at radius 1 is 1.50 bits per heavy atom. The molecular formula is C11H21N3O2. The smallest absolute Gasteiger partial charge is 0.234 e. The number of hydrogen-bond donors (Lipinski definition) is 3. The largest absolute Gasteiger partial charge is 0.409 e. The van der Waals surface area contributed by atoms with Crippen molar-refractivity contribution in [3.63, 3.8) is 0 Å². The molecule has 0 unspecified atom stereocenters. The van der Waals surface area contributed by atoms with E-state index in [-0.39, 0.29) is 17.3 Å². The Labute approximate surface area is 96.1 Å². The van der Waals surface area contributed by atoms with Crippen molar-refractivity contribution in [1.29, 1.82) is 0 Å². The van der Waals surface area contributed by atoms with Gasteiger partial charge in [-0.2, -0.15) is 0 Å². The van der Waals surface area contributed by atoms with Crippen molar-refractivity contribution in [2.24, 2.45) is 16.3 Å². The lowest BCUT2D eigenvalue weighted by molar-refractivity contribution is -0.126. The molecule has 1 fully saturated rings. The first-order chi connectivity index (χ1) is 7.44. The molecule has 0 bridgehead atoms. The van der Waals surface area contributed by atoms with E-state index in [9.17, 15) is 4.79 Å². The van der Waals surface area contributed by atoms with Crippen molar-refractivity contribution >= 4 is 11.7 Å². The summed E-state index contributed by atoms with van der Waals surface area (Å²) in [6.45, 7) is 6.08. The first-order valence-electron chi connectivity index (χ1n) is 5.74. The van der Waals surface area contributed by atoms with Gasteiger partial charge in [0, 0.05) is 5.54 Å². The van der Waals surface area contributed by atoms with Crippen LogP contribution in [-0.2, 0) is 4.79 Å². The number of amides is 1. The number of nitrogens with zero attached hydrogens (tertiary/aromatic N) is 1. The van der Waals surface area contributed by atoms with Crippen molar-refractivity contribution < 1.29 is 10.0 Å². The van der Waals surface area contributed by atoms with Crippen LogP contribution in [0.4, 0.5) is 0 Å². The number of oxime groups is 1. The third-order valence-electron chi connectivity index (χ3n) is 3.76. The second-order valence-corrected chi connectivity index (χ2v) is 4.79. The van der Waals surface area contributed by atoms with Gasteiger partial charge in [0.05, 0.1) is 0 Å². The second kappa shape index (κ2) is 4.31. The first-order valence-corrected chi connectivity index (χ1v) is 5.74. The van der Waals surface area contributed by atoms with Crippen molar-refractivity contribution in [1.82, 2.24) is 5.32 Å². The summed E-state index contributed by atoms with van der Waals surface area (Å²) in [5, 5.41) is 14.6. The van der Waals surface area contributed by atoms with Gasteiger partial charge in [-0.25, -0.2) is 0 Å². The normalized spacial score (nSPS) is 19.3. The van der Waals surface area contributed by atoms with Gasteiger partial charge in [0.2, 0.25) is 5.91 Å². The molecule has 1 aliphatic carbocycles. The predicted octanol–water partition coefficient (Wildman–Crippen LogP) is 1.21. The minimum Gasteiger partial charge on any atom is -0.409 e. The SMILES string of the molecule is CCC(C)(CC)NC(=O)C1(C(N)=NO)CC1. The molecule has 0 atom stereocenters. The Bertz CT molecular complexity index is 304. The van der Waals surface area contributed by atoms with Crippen LogP contribution in [0, 0.1) is 5.41 Å². The van der Waals surface area contributed by atoms with Gasteiger partial charge in [-0.1, -0.05) is 19.0 Å². The number of hydrogen-bond acceptors (Lipinski definition) is 3. The van der Waals surface area contributed by atoms with Crippen LogP contribution in [0.3, 0.4) is 0 Å². The summed E-state index contributed by atoms with van der Waals surface area (Å²) in [5.41, 5.74) is 4.60. The zero-order valence-electron chi connectivity index (χ0n) is 10.2. The van der Waals surface area contributed by atoms with Crippen LogP contribution in [0.5, 0.6) is 0 Å². The molecule has 5 heteroatoms. The molecule has 1 saturated carbocycles. The summed E-state index contributed by atoms with van der Waals surface area (Å²) in [5.74, 6) is -0.0893. The number of rotatable bonds is 5. The summed E-state index contributed by atoms with van der Waals surface area (Å²) >= 11 is 0. The lowest BCUT2D eigenvalue weighted by Crippen LogP contribution is -2.51. The van der Waals surface area contributed by atoms with Gasteiger partial charge in [0.15, 0.2) is 5.84 Å². The van der Waals surface area contributed by atoms with E-state index in [1.54, 1.807) is 0 Å². The predicted molar refractivity (Wildman–Crippen MR) is 62.2 cm³/mol. The number of carbonyl (C=O) groups excluding carboxylic acids is 1. The molecule has 4 N–H and O–H groups in total. The summed E-state index contributed by atoms with van der Waals surface area (Å²) in [6, 6.07) is 0. The molecule has 1 amide bonds. The van der Waals surface area contributed by atoms with Gasteiger partial charge in [0.25, 0.3) is 0 Å². The van der Waals surface area contributed by atoms with Crippen LogP contribution in [0.1, 0.15) is 46.5 Å². The van der Waals surface area contributed by atoms with Gasteiger partial charge in [-0.05, 0) is 32.6 Å². The highest BCUT2D eigenvalue weighted by molar-refractivity contribution is 6.09. The number of nitrogens with one attached hydrogen (secondary N) is 1. The zero-order chi connectivity index (χ0) is 12.4. The Hall–Kier alpha value is -1.26. The molecule has 0 aliphatic heterocycles. The van der Waals surface area contributed by atoms with Crippen molar-refractivity contribution in [2.45, 2.75) is 52.0 Å². The minimum absolute atomic E-state index is 0.0274. The average molecular weight is 227 g/mol. The van der Waals surface area contributed by atoms with Crippen LogP contribution in [0.15, 0.2) is 5.16 Å². The molecule has 92 valence electrons. The fraction of sp³-hybridized carbons (Fsp3) is 0.818. The molecule has 0 saturated heterocycles. The molecule has 0 spiro atoms. The number of nitrogens with two attached hydrogens (primary N) is 1. The monoisotopic (exact) mass is 227 g/mol. The highest BCUT2D eigenvalue weighted by Gasteiger charge is 2.55. The molecule has 0 aromatic carbocycles. The quantitative estimate of drug-likeness (QED) is 0.285. The summed E-state index contributed by atoms with van der Waals surface area (Å²) in [6.07, 6.45) is 3.06. The van der Waals surface area contributed by atoms with Crippen LogP contribution < -0.4 is 11.1 Å². The Kier molecular flexibility index (Phi) is 3.45. The van der Waals surface area contributed by atoms with Crippen LogP contribution in [0.2, 0.25) is 0 Å². The standard InChI is InChI=1S/C11H21N3O2/c1-4-10(3,5-2)13-9(15)11(6-7-11)8(12)14-16/h16H,4-7H2,1-3H3,(H2,12,14)(H,13,15). The van der Waals surface area contributed by atoms with Crippen LogP contribution in [0.25, 0.3) is 0 Å². The third-order valence-corrected chi connectivity index (χ3v) is 3.76. The fourth-order valence-electron chi connectivity index (χ4n) is 1.64. The van der Waals surface area contributed by atoms with Gasteiger partial charge in [0.1, 0.15) is 5.41 Å². The van der Waals surface area contributed by atoms with Crippen molar-refractivity contribution in [3.8, 4) is 0 Å². The van der Waals surface area contributed by atoms with Crippen molar-refractivity contribution in [3.05, 3.63) is 0 Å². The van der Waals surface area contributed by atoms with E-state index in [4.69, 9.17) is 10.9 Å². The van der Waals surface area contributed by atoms with Gasteiger partial charge in [-0.15, -0.1) is 0 Å². The lowest BCUT2D eigenvalue weighted by atomic mass is 9.93. The van der Waals surface area contributed by atoms with E-state index in [1.807, 2.05) is 20.8 Å². The average Bonchev–Trinajstić information content (AvgIpc) is 3.09. The number of amidine groups is 1. The topological polar surface area (TPSA) is 87.7 Å². The van der Waals surface area contributed by atoms with E-state index < -0.39 is 5.41 Å². The Morgan fingerprint density at radius 3 is 2.31 bits per heavy atom. The first kappa shape index (κ1) is 12.8. The van der Waals surface area contributed by atoms with Gasteiger partial charge < -0.3 is 16.3 Å². The van der Waals surface area contributed by atoms with E-state index in [0.717, 1.165) is 12.8 Å². The van der Waals surface area contributed by atoms with E-state index in [1.165, 1.54) is 0 Å². The van der Waals surface area contributed by atoms with E-state index >= 15 is 0 Å². The van der Waals surface area contributed by atoms with E-state index in [2.05, 4.69) is 10.5 Å². The highest BCUT2D eigenvalue weighted by Crippen LogP contribution is 2.46. The maximum absolute atomic E-state index is 12.1. The summed E-state index contributed by atoms with van der Waals surface area (Å²) in [4.78, 5) is 12.1. The third kappa shape index (κ3) is 2.13. The second-order valence-electron chi connectivity index (χ2n) is 4.79. The molecule has 0 radical (unpaired) electrons. The van der Waals surface area contributed by atoms with Gasteiger partial charge >= 0.3 is 0 Å².